The molecule has 0 spiro atoms. The number of aliphatic hydroxyl groups is 1. The van der Waals surface area contributed by atoms with Crippen molar-refractivity contribution >= 4 is 11.8 Å². The van der Waals surface area contributed by atoms with Gasteiger partial charge in [0.1, 0.15) is 0 Å². The van der Waals surface area contributed by atoms with Crippen LogP contribution < -0.4 is 10.6 Å². The highest BCUT2D eigenvalue weighted by Crippen LogP contribution is 2.16. The molecule has 0 bridgehead atoms. The molecule has 6 heteroatoms. The van der Waals surface area contributed by atoms with E-state index in [1.54, 1.807) is 14.0 Å². The average molecular weight is 200 g/mol. The second kappa shape index (κ2) is 4.19. The molecule has 0 fully saturated rings. The molecule has 78 valence electrons. The van der Waals surface area contributed by atoms with Gasteiger partial charge in [0.2, 0.25) is 5.95 Å². The van der Waals surface area contributed by atoms with Crippen LogP contribution >= 0.6 is 0 Å². The maximum atomic E-state index is 13.2. The molecule has 14 heavy (non-hydrogen) atoms. The van der Waals surface area contributed by atoms with Gasteiger partial charge in [0, 0.05) is 7.05 Å². The lowest BCUT2D eigenvalue weighted by atomic mass is 10.3. The average Bonchev–Trinajstić information content (AvgIpc) is 2.19. The summed E-state index contributed by atoms with van der Waals surface area (Å²) in [4.78, 5) is 8.76. The largest absolute Gasteiger partial charge is 0.394 e. The number of aromatic nitrogens is 2. The number of likely N-dealkylation sites (N-methyl/N-ethyl adjacent to an activating group) is 1. The predicted octanol–water partition coefficient (Wildman–Crippen LogP) is 0.0149. The third-order valence-electron chi connectivity index (χ3n) is 2.00. The van der Waals surface area contributed by atoms with Gasteiger partial charge in [0.25, 0.3) is 0 Å². The van der Waals surface area contributed by atoms with Gasteiger partial charge in [-0.15, -0.1) is 0 Å². The fraction of sp³-hybridized carbons (Fsp3) is 0.500. The van der Waals surface area contributed by atoms with Crippen LogP contribution in [0.2, 0.25) is 0 Å². The van der Waals surface area contributed by atoms with Crippen LogP contribution in [0.4, 0.5) is 16.2 Å². The Bertz CT molecular complexity index is 320. The number of hydrogen-bond acceptors (Lipinski definition) is 5. The molecule has 0 aliphatic heterocycles. The van der Waals surface area contributed by atoms with Gasteiger partial charge in [-0.3, -0.25) is 0 Å². The molecule has 5 nitrogen and oxygen atoms in total. The summed E-state index contributed by atoms with van der Waals surface area (Å²) >= 11 is 0. The van der Waals surface area contributed by atoms with Crippen LogP contribution in [0.15, 0.2) is 6.20 Å². The lowest BCUT2D eigenvalue weighted by molar-refractivity contribution is 0.269. The van der Waals surface area contributed by atoms with E-state index in [1.807, 2.05) is 0 Å². The van der Waals surface area contributed by atoms with Crippen molar-refractivity contribution in [1.82, 2.24) is 9.97 Å². The first-order chi connectivity index (χ1) is 6.56. The number of hydrogen-bond donors (Lipinski definition) is 2. The summed E-state index contributed by atoms with van der Waals surface area (Å²) in [5.74, 6) is -0.445. The number of nitrogen functional groups attached to an aromatic ring is 1. The molecule has 0 aliphatic rings. The van der Waals surface area contributed by atoms with E-state index in [9.17, 15) is 4.39 Å². The molecule has 3 N–H and O–H groups in total. The third-order valence-corrected chi connectivity index (χ3v) is 2.00. The molecule has 0 amide bonds. The minimum Gasteiger partial charge on any atom is -0.394 e. The van der Waals surface area contributed by atoms with Gasteiger partial charge in [0.05, 0.1) is 18.8 Å². The second-order valence-corrected chi connectivity index (χ2v) is 3.04. The van der Waals surface area contributed by atoms with Crippen molar-refractivity contribution in [3.05, 3.63) is 12.0 Å². The molecular formula is C8H13FN4O. The Morgan fingerprint density at radius 2 is 2.36 bits per heavy atom. The lowest BCUT2D eigenvalue weighted by Crippen LogP contribution is -2.33. The molecule has 0 saturated heterocycles. The fourth-order valence-corrected chi connectivity index (χ4v) is 0.950. The van der Waals surface area contributed by atoms with Gasteiger partial charge >= 0.3 is 0 Å². The fourth-order valence-electron chi connectivity index (χ4n) is 0.950. The van der Waals surface area contributed by atoms with E-state index in [2.05, 4.69) is 9.97 Å². The molecule has 1 heterocycles. The zero-order valence-electron chi connectivity index (χ0n) is 8.11. The first-order valence-electron chi connectivity index (χ1n) is 4.18. The Labute approximate surface area is 81.4 Å². The van der Waals surface area contributed by atoms with E-state index in [1.165, 1.54) is 4.90 Å². The third kappa shape index (κ3) is 2.08. The zero-order valence-corrected chi connectivity index (χ0v) is 8.11. The van der Waals surface area contributed by atoms with Crippen LogP contribution in [0.25, 0.3) is 0 Å². The summed E-state index contributed by atoms with van der Waals surface area (Å²) in [6.45, 7) is 1.66. The molecular weight excluding hydrogens is 187 g/mol. The van der Waals surface area contributed by atoms with Crippen LogP contribution in [-0.4, -0.2) is 34.8 Å². The Hall–Kier alpha value is -1.43. The van der Waals surface area contributed by atoms with Gasteiger partial charge in [-0.1, -0.05) is 0 Å². The molecule has 0 radical (unpaired) electrons. The maximum Gasteiger partial charge on any atom is 0.222 e. The quantitative estimate of drug-likeness (QED) is 0.719. The first kappa shape index (κ1) is 10.6. The topological polar surface area (TPSA) is 75.3 Å². The van der Waals surface area contributed by atoms with Gasteiger partial charge in [-0.25, -0.2) is 9.37 Å². The molecule has 0 aliphatic carbocycles. The second-order valence-electron chi connectivity index (χ2n) is 3.04. The van der Waals surface area contributed by atoms with E-state index in [-0.39, 0.29) is 24.4 Å². The normalized spacial score (nSPS) is 12.6. The van der Waals surface area contributed by atoms with Gasteiger partial charge in [-0.05, 0) is 6.92 Å². The van der Waals surface area contributed by atoms with Crippen molar-refractivity contribution in [3.63, 3.8) is 0 Å². The Balaban J connectivity index is 2.99. The molecule has 0 aromatic carbocycles. The number of anilines is 2. The number of rotatable bonds is 3. The Morgan fingerprint density at radius 3 is 2.93 bits per heavy atom. The molecule has 1 aromatic rings. The van der Waals surface area contributed by atoms with Crippen LogP contribution in [0, 0.1) is 5.82 Å². The van der Waals surface area contributed by atoms with E-state index in [0.29, 0.717) is 0 Å². The van der Waals surface area contributed by atoms with Gasteiger partial charge < -0.3 is 15.7 Å². The van der Waals surface area contributed by atoms with Crippen LogP contribution in [0.3, 0.4) is 0 Å². The van der Waals surface area contributed by atoms with Crippen molar-refractivity contribution in [2.75, 3.05) is 24.3 Å². The van der Waals surface area contributed by atoms with E-state index in [0.717, 1.165) is 6.20 Å². The van der Waals surface area contributed by atoms with E-state index < -0.39 is 5.82 Å². The predicted molar refractivity (Wildman–Crippen MR) is 51.4 cm³/mol. The SMILES string of the molecule is CC(CO)N(C)c1nc(N)ncc1F. The summed E-state index contributed by atoms with van der Waals surface area (Å²) in [5, 5.41) is 8.89. The van der Waals surface area contributed by atoms with Crippen molar-refractivity contribution in [1.29, 1.82) is 0 Å². The minimum atomic E-state index is -0.554. The standard InChI is InChI=1S/C8H13FN4O/c1-5(4-14)13(2)7-6(9)3-11-8(10)12-7/h3,5,14H,4H2,1-2H3,(H2,10,11,12). The summed E-state index contributed by atoms with van der Waals surface area (Å²) in [6, 6.07) is -0.223. The highest BCUT2D eigenvalue weighted by molar-refractivity contribution is 5.42. The first-order valence-corrected chi connectivity index (χ1v) is 4.18. The van der Waals surface area contributed by atoms with Crippen LogP contribution in [-0.2, 0) is 0 Å². The number of halogens is 1. The van der Waals surface area contributed by atoms with Gasteiger partial charge in [-0.2, -0.15) is 4.98 Å². The number of aliphatic hydroxyl groups excluding tert-OH is 1. The Kier molecular flexibility index (Phi) is 3.19. The Morgan fingerprint density at radius 1 is 1.71 bits per heavy atom. The highest BCUT2D eigenvalue weighted by atomic mass is 19.1. The van der Waals surface area contributed by atoms with Crippen molar-refractivity contribution in [2.45, 2.75) is 13.0 Å². The minimum absolute atomic E-state index is 0.0124. The molecule has 1 aromatic heterocycles. The van der Waals surface area contributed by atoms with Crippen LogP contribution in [0.1, 0.15) is 6.92 Å². The summed E-state index contributed by atoms with van der Waals surface area (Å²) < 4.78 is 13.2. The number of nitrogens with zero attached hydrogens (tertiary/aromatic N) is 3. The molecule has 1 rings (SSSR count). The van der Waals surface area contributed by atoms with Crippen LogP contribution in [0.5, 0.6) is 0 Å². The highest BCUT2D eigenvalue weighted by Gasteiger charge is 2.15. The maximum absolute atomic E-state index is 13.2. The monoisotopic (exact) mass is 200 g/mol. The summed E-state index contributed by atoms with van der Waals surface area (Å²) in [7, 11) is 1.63. The van der Waals surface area contributed by atoms with Crippen molar-refractivity contribution in [3.8, 4) is 0 Å². The zero-order chi connectivity index (χ0) is 10.7. The van der Waals surface area contributed by atoms with Crippen molar-refractivity contribution < 1.29 is 9.50 Å². The number of nitrogens with two attached hydrogens (primary N) is 1. The van der Waals surface area contributed by atoms with E-state index in [4.69, 9.17) is 10.8 Å². The van der Waals surface area contributed by atoms with E-state index >= 15 is 0 Å². The smallest absolute Gasteiger partial charge is 0.222 e. The summed E-state index contributed by atoms with van der Waals surface area (Å²) in [6.07, 6.45) is 1.01. The van der Waals surface area contributed by atoms with Gasteiger partial charge in [0.15, 0.2) is 11.6 Å². The van der Waals surface area contributed by atoms with Crippen molar-refractivity contribution in [2.24, 2.45) is 0 Å². The summed E-state index contributed by atoms with van der Waals surface area (Å²) in [5.41, 5.74) is 5.33. The molecule has 0 saturated carbocycles. The lowest BCUT2D eigenvalue weighted by Gasteiger charge is -2.24. The molecule has 1 unspecified atom stereocenters. The molecule has 1 atom stereocenters.